The van der Waals surface area contributed by atoms with E-state index in [9.17, 15) is 4.79 Å². The van der Waals surface area contributed by atoms with Gasteiger partial charge in [0.2, 0.25) is 0 Å². The van der Waals surface area contributed by atoms with E-state index in [2.05, 4.69) is 15.8 Å². The molecule has 2 aromatic carbocycles. The van der Waals surface area contributed by atoms with Crippen LogP contribution in [0.4, 0.5) is 5.69 Å². The standard InChI is InChI=1S/C18H12Cl3N3O2/c19-11-8-14(20)17(15(21)9-11)23-24-18(25)13-5-1-2-6-16(13)26-12-4-3-7-22-10-12/h1-10,23H,(H,24,25). The molecule has 0 fully saturated rings. The summed E-state index contributed by atoms with van der Waals surface area (Å²) in [4.78, 5) is 16.5. The van der Waals surface area contributed by atoms with Gasteiger partial charge in [-0.2, -0.15) is 0 Å². The predicted molar refractivity (Wildman–Crippen MR) is 103 cm³/mol. The highest BCUT2D eigenvalue weighted by molar-refractivity contribution is 6.41. The number of aromatic nitrogens is 1. The van der Waals surface area contributed by atoms with Gasteiger partial charge < -0.3 is 4.74 Å². The Kier molecular flexibility index (Phi) is 5.83. The van der Waals surface area contributed by atoms with Crippen LogP contribution in [0.1, 0.15) is 10.4 Å². The summed E-state index contributed by atoms with van der Waals surface area (Å²) in [5.74, 6) is 0.476. The van der Waals surface area contributed by atoms with Crippen molar-refractivity contribution in [2.45, 2.75) is 0 Å². The maximum absolute atomic E-state index is 12.5. The highest BCUT2D eigenvalue weighted by Gasteiger charge is 2.14. The van der Waals surface area contributed by atoms with Gasteiger partial charge in [-0.15, -0.1) is 0 Å². The lowest BCUT2D eigenvalue weighted by Crippen LogP contribution is -2.30. The lowest BCUT2D eigenvalue weighted by atomic mass is 10.2. The number of hydrogen-bond acceptors (Lipinski definition) is 4. The number of nitrogens with one attached hydrogen (secondary N) is 2. The predicted octanol–water partition coefficient (Wildman–Crippen LogP) is 5.59. The van der Waals surface area contributed by atoms with E-state index in [0.29, 0.717) is 27.8 Å². The second kappa shape index (κ2) is 8.27. The van der Waals surface area contributed by atoms with Gasteiger partial charge in [-0.25, -0.2) is 0 Å². The molecule has 0 spiro atoms. The number of anilines is 1. The molecule has 26 heavy (non-hydrogen) atoms. The number of nitrogens with zero attached hydrogens (tertiary/aromatic N) is 1. The zero-order valence-electron chi connectivity index (χ0n) is 13.2. The summed E-state index contributed by atoms with van der Waals surface area (Å²) in [6, 6.07) is 13.3. The van der Waals surface area contributed by atoms with Crippen LogP contribution in [0.25, 0.3) is 0 Å². The highest BCUT2D eigenvalue weighted by atomic mass is 35.5. The molecule has 2 N–H and O–H groups in total. The van der Waals surface area contributed by atoms with Gasteiger partial charge in [0.15, 0.2) is 0 Å². The minimum absolute atomic E-state index is 0.280. The first kappa shape index (κ1) is 18.3. The van der Waals surface area contributed by atoms with E-state index in [1.807, 2.05) is 0 Å². The van der Waals surface area contributed by atoms with Crippen molar-refractivity contribution in [1.29, 1.82) is 0 Å². The molecule has 1 amide bonds. The summed E-state index contributed by atoms with van der Waals surface area (Å²) in [7, 11) is 0. The maximum Gasteiger partial charge on any atom is 0.273 e. The van der Waals surface area contributed by atoms with Gasteiger partial charge in [-0.3, -0.25) is 20.6 Å². The summed E-state index contributed by atoms with van der Waals surface area (Å²) in [5, 5.41) is 0.956. The summed E-state index contributed by atoms with van der Waals surface area (Å²) >= 11 is 18.1. The molecule has 1 heterocycles. The number of rotatable bonds is 5. The Morgan fingerprint density at radius 2 is 1.73 bits per heavy atom. The molecule has 1 aromatic heterocycles. The zero-order chi connectivity index (χ0) is 18.5. The third kappa shape index (κ3) is 4.38. The van der Waals surface area contributed by atoms with Crippen LogP contribution in [-0.2, 0) is 0 Å². The maximum atomic E-state index is 12.5. The van der Waals surface area contributed by atoms with Gasteiger partial charge in [0, 0.05) is 11.2 Å². The summed E-state index contributed by atoms with van der Waals surface area (Å²) < 4.78 is 5.73. The van der Waals surface area contributed by atoms with E-state index in [-0.39, 0.29) is 10.0 Å². The van der Waals surface area contributed by atoms with Crippen LogP contribution < -0.4 is 15.6 Å². The average Bonchev–Trinajstić information content (AvgIpc) is 2.62. The van der Waals surface area contributed by atoms with Crippen LogP contribution >= 0.6 is 34.8 Å². The molecule has 0 unspecified atom stereocenters. The number of hydrazine groups is 1. The van der Waals surface area contributed by atoms with Crippen LogP contribution in [0.3, 0.4) is 0 Å². The Bertz CT molecular complexity index is 913. The van der Waals surface area contributed by atoms with Crippen molar-refractivity contribution >= 4 is 46.4 Å². The molecule has 0 saturated heterocycles. The number of carbonyl (C=O) groups is 1. The lowest BCUT2D eigenvalue weighted by Gasteiger charge is -2.14. The Morgan fingerprint density at radius 1 is 1.00 bits per heavy atom. The van der Waals surface area contributed by atoms with Crippen LogP contribution in [-0.4, -0.2) is 10.9 Å². The highest BCUT2D eigenvalue weighted by Crippen LogP contribution is 2.33. The SMILES string of the molecule is O=C(NNc1c(Cl)cc(Cl)cc1Cl)c1ccccc1Oc1cccnc1. The quantitative estimate of drug-likeness (QED) is 0.540. The van der Waals surface area contributed by atoms with Crippen molar-refractivity contribution in [3.8, 4) is 11.5 Å². The van der Waals surface area contributed by atoms with Gasteiger partial charge in [0.25, 0.3) is 5.91 Å². The molecule has 0 saturated carbocycles. The van der Waals surface area contributed by atoms with Crippen LogP contribution in [0.15, 0.2) is 60.9 Å². The molecule has 0 atom stereocenters. The Balaban J connectivity index is 1.77. The lowest BCUT2D eigenvalue weighted by molar-refractivity contribution is 0.0960. The molecule has 0 aliphatic heterocycles. The number of carbonyl (C=O) groups excluding carboxylic acids is 1. The number of hydrogen-bond donors (Lipinski definition) is 2. The van der Waals surface area contributed by atoms with Crippen molar-refractivity contribution in [2.24, 2.45) is 0 Å². The summed E-state index contributed by atoms with van der Waals surface area (Å²) in [5.41, 5.74) is 5.92. The van der Waals surface area contributed by atoms with Gasteiger partial charge in [-0.1, -0.05) is 46.9 Å². The molecule has 0 aliphatic carbocycles. The first-order chi connectivity index (χ1) is 12.5. The number of para-hydroxylation sites is 1. The Morgan fingerprint density at radius 3 is 2.42 bits per heavy atom. The number of pyridine rings is 1. The molecule has 0 bridgehead atoms. The largest absolute Gasteiger partial charge is 0.455 e. The van der Waals surface area contributed by atoms with E-state index < -0.39 is 5.91 Å². The fourth-order valence-corrected chi connectivity index (χ4v) is 3.04. The van der Waals surface area contributed by atoms with Crippen molar-refractivity contribution in [3.63, 3.8) is 0 Å². The molecule has 3 aromatic rings. The summed E-state index contributed by atoms with van der Waals surface area (Å²) in [6.07, 6.45) is 3.19. The van der Waals surface area contributed by atoms with Crippen molar-refractivity contribution < 1.29 is 9.53 Å². The van der Waals surface area contributed by atoms with Gasteiger partial charge in [-0.05, 0) is 36.4 Å². The molecule has 3 rings (SSSR count). The molecule has 8 heteroatoms. The van der Waals surface area contributed by atoms with Crippen LogP contribution in [0, 0.1) is 0 Å². The van der Waals surface area contributed by atoms with E-state index in [4.69, 9.17) is 39.5 Å². The number of ether oxygens (including phenoxy) is 1. The average molecular weight is 409 g/mol. The second-order valence-corrected chi connectivity index (χ2v) is 6.36. The van der Waals surface area contributed by atoms with Crippen molar-refractivity contribution in [3.05, 3.63) is 81.6 Å². The molecule has 0 radical (unpaired) electrons. The molecule has 5 nitrogen and oxygen atoms in total. The van der Waals surface area contributed by atoms with Gasteiger partial charge >= 0.3 is 0 Å². The normalized spacial score (nSPS) is 10.3. The second-order valence-electron chi connectivity index (χ2n) is 5.11. The van der Waals surface area contributed by atoms with Gasteiger partial charge in [0.05, 0.1) is 27.5 Å². The van der Waals surface area contributed by atoms with E-state index in [1.165, 1.54) is 12.1 Å². The number of amides is 1. The fourth-order valence-electron chi connectivity index (χ4n) is 2.13. The van der Waals surface area contributed by atoms with Crippen molar-refractivity contribution in [1.82, 2.24) is 10.4 Å². The van der Waals surface area contributed by atoms with E-state index in [0.717, 1.165) is 0 Å². The number of halogens is 3. The minimum Gasteiger partial charge on any atom is -0.455 e. The fraction of sp³-hybridized carbons (Fsp3) is 0. The molecular formula is C18H12Cl3N3O2. The Hall–Kier alpha value is -2.47. The Labute approximate surface area is 164 Å². The molecular weight excluding hydrogens is 397 g/mol. The van der Waals surface area contributed by atoms with Crippen LogP contribution in [0.2, 0.25) is 15.1 Å². The van der Waals surface area contributed by atoms with Crippen molar-refractivity contribution in [2.75, 3.05) is 5.43 Å². The topological polar surface area (TPSA) is 63.2 Å². The monoisotopic (exact) mass is 407 g/mol. The third-order valence-corrected chi connectivity index (χ3v) is 4.12. The van der Waals surface area contributed by atoms with E-state index in [1.54, 1.807) is 48.8 Å². The minimum atomic E-state index is -0.424. The first-order valence-electron chi connectivity index (χ1n) is 7.42. The molecule has 132 valence electrons. The number of benzene rings is 2. The third-order valence-electron chi connectivity index (χ3n) is 3.30. The zero-order valence-corrected chi connectivity index (χ0v) is 15.4. The van der Waals surface area contributed by atoms with E-state index >= 15 is 0 Å². The molecule has 0 aliphatic rings. The van der Waals surface area contributed by atoms with Crippen LogP contribution in [0.5, 0.6) is 11.5 Å². The summed E-state index contributed by atoms with van der Waals surface area (Å²) in [6.45, 7) is 0. The first-order valence-corrected chi connectivity index (χ1v) is 8.56. The smallest absolute Gasteiger partial charge is 0.273 e. The van der Waals surface area contributed by atoms with Gasteiger partial charge in [0.1, 0.15) is 11.5 Å².